The van der Waals surface area contributed by atoms with Crippen LogP contribution < -0.4 is 10.1 Å². The summed E-state index contributed by atoms with van der Waals surface area (Å²) in [6, 6.07) is 5.43. The normalized spacial score (nSPS) is 16.1. The van der Waals surface area contributed by atoms with Crippen LogP contribution in [0, 0.1) is 5.92 Å². The second kappa shape index (κ2) is 8.93. The Morgan fingerprint density at radius 2 is 2.04 bits per heavy atom. The van der Waals surface area contributed by atoms with Gasteiger partial charge in [0.1, 0.15) is 11.3 Å². The van der Waals surface area contributed by atoms with Crippen molar-refractivity contribution in [3.05, 3.63) is 30.0 Å². The van der Waals surface area contributed by atoms with Crippen LogP contribution in [0.1, 0.15) is 44.6 Å². The van der Waals surface area contributed by atoms with Crippen molar-refractivity contribution in [2.24, 2.45) is 5.92 Å². The Morgan fingerprint density at radius 3 is 2.78 bits per heavy atom. The van der Waals surface area contributed by atoms with Crippen LogP contribution in [-0.4, -0.2) is 31.6 Å². The molecule has 2 aromatic rings. The molecule has 1 atom stereocenters. The molecule has 1 unspecified atom stereocenters. The fourth-order valence-electron chi connectivity index (χ4n) is 3.56. The van der Waals surface area contributed by atoms with E-state index in [2.05, 4.69) is 5.32 Å². The standard InChI is InChI=1S/C21H27NO5/c1-14(21(24)22-12-15-6-4-3-5-7-15)27-20(23)10-16-13-26-19-11-17(25-2)8-9-18(16)19/h8-9,11,13-15H,3-7,10,12H2,1-2H3,(H,22,24). The first-order valence-corrected chi connectivity index (χ1v) is 9.58. The summed E-state index contributed by atoms with van der Waals surface area (Å²) >= 11 is 0. The molecule has 1 fully saturated rings. The molecule has 0 radical (unpaired) electrons. The quantitative estimate of drug-likeness (QED) is 0.750. The molecule has 1 aliphatic carbocycles. The van der Waals surface area contributed by atoms with Crippen LogP contribution in [0.2, 0.25) is 0 Å². The summed E-state index contributed by atoms with van der Waals surface area (Å²) in [4.78, 5) is 24.4. The second-order valence-electron chi connectivity index (χ2n) is 7.18. The zero-order valence-electron chi connectivity index (χ0n) is 16.0. The third kappa shape index (κ3) is 5.02. The molecule has 1 N–H and O–H groups in total. The van der Waals surface area contributed by atoms with Gasteiger partial charge in [0.25, 0.3) is 5.91 Å². The molecule has 0 aliphatic heterocycles. The molecule has 27 heavy (non-hydrogen) atoms. The molecule has 146 valence electrons. The highest BCUT2D eigenvalue weighted by Gasteiger charge is 2.21. The van der Waals surface area contributed by atoms with E-state index in [1.54, 1.807) is 26.4 Å². The molecule has 1 aliphatic rings. The lowest BCUT2D eigenvalue weighted by Gasteiger charge is -2.22. The number of benzene rings is 1. The van der Waals surface area contributed by atoms with E-state index in [1.807, 2.05) is 12.1 Å². The molecular weight excluding hydrogens is 346 g/mol. The zero-order valence-corrected chi connectivity index (χ0v) is 16.0. The average molecular weight is 373 g/mol. The van der Waals surface area contributed by atoms with Crippen molar-refractivity contribution in [1.82, 2.24) is 5.32 Å². The van der Waals surface area contributed by atoms with E-state index in [0.29, 0.717) is 23.8 Å². The number of carbonyl (C=O) groups is 2. The fourth-order valence-corrected chi connectivity index (χ4v) is 3.56. The minimum atomic E-state index is -0.806. The van der Waals surface area contributed by atoms with Gasteiger partial charge in [-0.05, 0) is 37.8 Å². The Hall–Kier alpha value is -2.50. The van der Waals surface area contributed by atoms with E-state index in [-0.39, 0.29) is 12.3 Å². The predicted octanol–water partition coefficient (Wildman–Crippen LogP) is 3.61. The van der Waals surface area contributed by atoms with Crippen molar-refractivity contribution in [3.8, 4) is 5.75 Å². The number of hydrogen-bond donors (Lipinski definition) is 1. The molecule has 0 saturated heterocycles. The smallest absolute Gasteiger partial charge is 0.311 e. The molecule has 0 bridgehead atoms. The van der Waals surface area contributed by atoms with E-state index in [4.69, 9.17) is 13.9 Å². The molecule has 1 aromatic heterocycles. The topological polar surface area (TPSA) is 77.8 Å². The van der Waals surface area contributed by atoms with Gasteiger partial charge in [0.05, 0.1) is 19.8 Å². The van der Waals surface area contributed by atoms with Crippen LogP contribution in [0.3, 0.4) is 0 Å². The van der Waals surface area contributed by atoms with E-state index < -0.39 is 12.1 Å². The predicted molar refractivity (Wildman–Crippen MR) is 102 cm³/mol. The molecular formula is C21H27NO5. The van der Waals surface area contributed by atoms with Crippen LogP contribution >= 0.6 is 0 Å². The van der Waals surface area contributed by atoms with E-state index in [0.717, 1.165) is 23.8 Å². The van der Waals surface area contributed by atoms with Crippen LogP contribution in [0.4, 0.5) is 0 Å². The summed E-state index contributed by atoms with van der Waals surface area (Å²) in [5.74, 6) is 0.540. The third-order valence-electron chi connectivity index (χ3n) is 5.16. The van der Waals surface area contributed by atoms with Crippen molar-refractivity contribution in [2.45, 2.75) is 51.6 Å². The Kier molecular flexibility index (Phi) is 6.37. The number of fused-ring (bicyclic) bond motifs is 1. The second-order valence-corrected chi connectivity index (χ2v) is 7.18. The first kappa shape index (κ1) is 19.3. The number of carbonyl (C=O) groups excluding carboxylic acids is 2. The number of amides is 1. The van der Waals surface area contributed by atoms with Gasteiger partial charge in [-0.3, -0.25) is 9.59 Å². The summed E-state index contributed by atoms with van der Waals surface area (Å²) in [5, 5.41) is 3.75. The summed E-state index contributed by atoms with van der Waals surface area (Å²) < 4.78 is 15.9. The van der Waals surface area contributed by atoms with Crippen molar-refractivity contribution < 1.29 is 23.5 Å². The number of hydrogen-bond acceptors (Lipinski definition) is 5. The van der Waals surface area contributed by atoms with Gasteiger partial charge in [0, 0.05) is 23.6 Å². The monoisotopic (exact) mass is 373 g/mol. The van der Waals surface area contributed by atoms with Crippen molar-refractivity contribution in [3.63, 3.8) is 0 Å². The van der Waals surface area contributed by atoms with E-state index >= 15 is 0 Å². The lowest BCUT2D eigenvalue weighted by molar-refractivity contribution is -0.154. The van der Waals surface area contributed by atoms with Crippen molar-refractivity contribution >= 4 is 22.8 Å². The van der Waals surface area contributed by atoms with Crippen LogP contribution in [0.5, 0.6) is 5.75 Å². The van der Waals surface area contributed by atoms with Crippen LogP contribution in [-0.2, 0) is 20.7 Å². The van der Waals surface area contributed by atoms with Gasteiger partial charge in [-0.1, -0.05) is 19.3 Å². The number of nitrogens with one attached hydrogen (secondary N) is 1. The molecule has 1 heterocycles. The summed E-state index contributed by atoms with van der Waals surface area (Å²) in [5.41, 5.74) is 1.38. The summed E-state index contributed by atoms with van der Waals surface area (Å²) in [6.07, 6.45) is 6.86. The van der Waals surface area contributed by atoms with E-state index in [1.165, 1.54) is 19.3 Å². The number of esters is 1. The van der Waals surface area contributed by atoms with Gasteiger partial charge in [-0.2, -0.15) is 0 Å². The molecule has 6 nitrogen and oxygen atoms in total. The van der Waals surface area contributed by atoms with Gasteiger partial charge >= 0.3 is 5.97 Å². The van der Waals surface area contributed by atoms with Gasteiger partial charge in [-0.25, -0.2) is 0 Å². The summed E-state index contributed by atoms with van der Waals surface area (Å²) in [7, 11) is 1.59. The molecule has 6 heteroatoms. The minimum absolute atomic E-state index is 0.0551. The third-order valence-corrected chi connectivity index (χ3v) is 5.16. The van der Waals surface area contributed by atoms with Crippen LogP contribution in [0.15, 0.2) is 28.9 Å². The average Bonchev–Trinajstić information content (AvgIpc) is 3.08. The Labute approximate surface area is 159 Å². The summed E-state index contributed by atoms with van der Waals surface area (Å²) in [6.45, 7) is 2.27. The number of rotatable bonds is 7. The molecule has 1 amide bonds. The van der Waals surface area contributed by atoms with Gasteiger partial charge < -0.3 is 19.2 Å². The lowest BCUT2D eigenvalue weighted by atomic mass is 9.89. The highest BCUT2D eigenvalue weighted by atomic mass is 16.5. The lowest BCUT2D eigenvalue weighted by Crippen LogP contribution is -2.39. The highest BCUT2D eigenvalue weighted by molar-refractivity contribution is 5.88. The maximum atomic E-state index is 12.2. The number of methoxy groups -OCH3 is 1. The first-order valence-electron chi connectivity index (χ1n) is 9.58. The Morgan fingerprint density at radius 1 is 1.26 bits per heavy atom. The first-order chi connectivity index (χ1) is 13.1. The van der Waals surface area contributed by atoms with E-state index in [9.17, 15) is 9.59 Å². The number of ether oxygens (including phenoxy) is 2. The zero-order chi connectivity index (χ0) is 19.2. The molecule has 1 saturated carbocycles. The minimum Gasteiger partial charge on any atom is -0.497 e. The fraction of sp³-hybridized carbons (Fsp3) is 0.524. The SMILES string of the molecule is COc1ccc2c(CC(=O)OC(C)C(=O)NCC3CCCCC3)coc2c1. The van der Waals surface area contributed by atoms with Gasteiger partial charge in [0.2, 0.25) is 0 Å². The highest BCUT2D eigenvalue weighted by Crippen LogP contribution is 2.26. The largest absolute Gasteiger partial charge is 0.497 e. The Bertz CT molecular complexity index is 791. The maximum Gasteiger partial charge on any atom is 0.311 e. The number of furan rings is 1. The van der Waals surface area contributed by atoms with Crippen molar-refractivity contribution in [1.29, 1.82) is 0 Å². The van der Waals surface area contributed by atoms with Gasteiger partial charge in [0.15, 0.2) is 6.10 Å². The maximum absolute atomic E-state index is 12.2. The van der Waals surface area contributed by atoms with Crippen molar-refractivity contribution in [2.75, 3.05) is 13.7 Å². The Balaban J connectivity index is 1.50. The molecule has 0 spiro atoms. The van der Waals surface area contributed by atoms with Gasteiger partial charge in [-0.15, -0.1) is 0 Å². The molecule has 3 rings (SSSR count). The van der Waals surface area contributed by atoms with Crippen LogP contribution in [0.25, 0.3) is 11.0 Å². The molecule has 1 aromatic carbocycles.